The molecule has 4 rings (SSSR count). The molecular weight excluding hydrogens is 318 g/mol. The molecule has 1 aromatic carbocycles. The summed E-state index contributed by atoms with van der Waals surface area (Å²) in [4.78, 5) is 18.7. The molecule has 0 aliphatic carbocycles. The molecule has 126 valence electrons. The molecule has 0 radical (unpaired) electrons. The Balaban J connectivity index is 1.81. The summed E-state index contributed by atoms with van der Waals surface area (Å²) in [7, 11) is 3.74. The summed E-state index contributed by atoms with van der Waals surface area (Å²) in [6.07, 6.45) is 2.88. The van der Waals surface area contributed by atoms with E-state index in [9.17, 15) is 4.79 Å². The maximum Gasteiger partial charge on any atom is 0.358 e. The van der Waals surface area contributed by atoms with E-state index in [-0.39, 0.29) is 0 Å². The van der Waals surface area contributed by atoms with Gasteiger partial charge in [-0.25, -0.2) is 14.3 Å². The van der Waals surface area contributed by atoms with Gasteiger partial charge in [0.25, 0.3) is 0 Å². The van der Waals surface area contributed by atoms with Gasteiger partial charge in [0.15, 0.2) is 11.9 Å². The van der Waals surface area contributed by atoms with Crippen LogP contribution in [0.3, 0.4) is 0 Å². The van der Waals surface area contributed by atoms with E-state index >= 15 is 0 Å². The Labute approximate surface area is 144 Å². The van der Waals surface area contributed by atoms with E-state index in [1.807, 2.05) is 61.5 Å². The summed E-state index contributed by atoms with van der Waals surface area (Å²) in [6, 6.07) is 13.3. The first-order chi connectivity index (χ1) is 12.1. The van der Waals surface area contributed by atoms with Crippen molar-refractivity contribution in [1.29, 1.82) is 0 Å². The molecule has 7 heteroatoms. The van der Waals surface area contributed by atoms with Gasteiger partial charge in [-0.1, -0.05) is 30.3 Å². The number of carbonyl (C=O) groups excluding carboxylic acids is 1. The molecule has 7 nitrogen and oxygen atoms in total. The average molecular weight is 335 g/mol. The Morgan fingerprint density at radius 1 is 1.20 bits per heavy atom. The minimum Gasteiger partial charge on any atom is -0.433 e. The predicted octanol–water partition coefficient (Wildman–Crippen LogP) is 1.80. The number of rotatable bonds is 3. The number of hydrogen-bond donors (Lipinski definition) is 1. The van der Waals surface area contributed by atoms with E-state index in [0.717, 1.165) is 5.56 Å². The van der Waals surface area contributed by atoms with Crippen LogP contribution in [0.15, 0.2) is 60.6 Å². The molecule has 0 amide bonds. The van der Waals surface area contributed by atoms with Crippen LogP contribution in [0.2, 0.25) is 0 Å². The molecule has 2 aromatic heterocycles. The van der Waals surface area contributed by atoms with Crippen LogP contribution in [-0.2, 0) is 9.53 Å². The smallest absolute Gasteiger partial charge is 0.358 e. The van der Waals surface area contributed by atoms with Gasteiger partial charge in [-0.15, -0.1) is 0 Å². The maximum atomic E-state index is 12.5. The standard InChI is InChI=1S/C18H17N5O2/c1-22(2)16(13-11-19-14-9-6-10-20-23(13)14)15-18(24)25-17(21-15)12-7-4-3-5-8-12/h3-11,17,21H,1-2H3/b16-15-. The van der Waals surface area contributed by atoms with Crippen molar-refractivity contribution in [1.82, 2.24) is 24.8 Å². The minimum atomic E-state index is -0.509. The molecular formula is C18H17N5O2. The van der Waals surface area contributed by atoms with Gasteiger partial charge in [-0.3, -0.25) is 0 Å². The molecule has 3 aromatic rings. The molecule has 1 aliphatic rings. The zero-order valence-electron chi connectivity index (χ0n) is 13.9. The quantitative estimate of drug-likeness (QED) is 0.581. The molecule has 1 unspecified atom stereocenters. The lowest BCUT2D eigenvalue weighted by Crippen LogP contribution is -2.22. The fourth-order valence-electron chi connectivity index (χ4n) is 2.90. The van der Waals surface area contributed by atoms with Gasteiger partial charge >= 0.3 is 5.97 Å². The number of carbonyl (C=O) groups is 1. The molecule has 3 heterocycles. The molecule has 0 saturated carbocycles. The fraction of sp³-hybridized carbons (Fsp3) is 0.167. The number of esters is 1. The third-order valence-corrected chi connectivity index (χ3v) is 4.01. The number of aromatic nitrogens is 3. The Morgan fingerprint density at radius 2 is 2.00 bits per heavy atom. The van der Waals surface area contributed by atoms with Crippen molar-refractivity contribution in [3.05, 3.63) is 71.8 Å². The first-order valence-corrected chi connectivity index (χ1v) is 7.88. The first kappa shape index (κ1) is 15.2. The fourth-order valence-corrected chi connectivity index (χ4v) is 2.90. The topological polar surface area (TPSA) is 71.8 Å². The van der Waals surface area contributed by atoms with E-state index in [1.54, 1.807) is 16.9 Å². The normalized spacial score (nSPS) is 18.8. The second-order valence-electron chi connectivity index (χ2n) is 5.90. The number of ether oxygens (including phenoxy) is 1. The summed E-state index contributed by atoms with van der Waals surface area (Å²) in [5.74, 6) is -0.400. The van der Waals surface area contributed by atoms with Crippen LogP contribution in [0.4, 0.5) is 0 Å². The number of nitrogens with one attached hydrogen (secondary N) is 1. The maximum absolute atomic E-state index is 12.5. The molecule has 1 aliphatic heterocycles. The predicted molar refractivity (Wildman–Crippen MR) is 92.0 cm³/mol. The van der Waals surface area contributed by atoms with Gasteiger partial charge in [0, 0.05) is 25.9 Å². The van der Waals surface area contributed by atoms with Crippen molar-refractivity contribution in [3.8, 4) is 0 Å². The zero-order chi connectivity index (χ0) is 17.4. The summed E-state index contributed by atoms with van der Waals surface area (Å²) >= 11 is 0. The monoisotopic (exact) mass is 335 g/mol. The first-order valence-electron chi connectivity index (χ1n) is 7.88. The van der Waals surface area contributed by atoms with Crippen LogP contribution in [0.1, 0.15) is 17.5 Å². The SMILES string of the molecule is CN(C)/C(=C1\NC(c2ccccc2)OC1=O)c1cnc2cccnn12. The van der Waals surface area contributed by atoms with Crippen LogP contribution < -0.4 is 5.32 Å². The number of hydrogen-bond acceptors (Lipinski definition) is 6. The molecule has 0 bridgehead atoms. The van der Waals surface area contributed by atoms with E-state index in [1.165, 1.54) is 0 Å². The third-order valence-electron chi connectivity index (χ3n) is 4.01. The van der Waals surface area contributed by atoms with Gasteiger partial charge in [0.2, 0.25) is 0 Å². The largest absolute Gasteiger partial charge is 0.433 e. The lowest BCUT2D eigenvalue weighted by atomic mass is 10.2. The van der Waals surface area contributed by atoms with Gasteiger partial charge in [0.1, 0.15) is 11.4 Å². The van der Waals surface area contributed by atoms with Crippen LogP contribution in [0, 0.1) is 0 Å². The van der Waals surface area contributed by atoms with Crippen molar-refractivity contribution < 1.29 is 9.53 Å². The number of imidazole rings is 1. The zero-order valence-corrected chi connectivity index (χ0v) is 13.9. The van der Waals surface area contributed by atoms with Crippen molar-refractivity contribution >= 4 is 17.3 Å². The number of fused-ring (bicyclic) bond motifs is 1. The van der Waals surface area contributed by atoms with Crippen molar-refractivity contribution in [2.24, 2.45) is 0 Å². The van der Waals surface area contributed by atoms with Crippen LogP contribution in [0.25, 0.3) is 11.3 Å². The van der Waals surface area contributed by atoms with Crippen LogP contribution in [0.5, 0.6) is 0 Å². The van der Waals surface area contributed by atoms with E-state index < -0.39 is 12.2 Å². The second kappa shape index (κ2) is 5.94. The number of cyclic esters (lactones) is 1. The van der Waals surface area contributed by atoms with Gasteiger partial charge in [0.05, 0.1) is 11.9 Å². The Morgan fingerprint density at radius 3 is 2.76 bits per heavy atom. The third kappa shape index (κ3) is 2.59. The van der Waals surface area contributed by atoms with Crippen molar-refractivity contribution in [2.75, 3.05) is 14.1 Å². The Hall–Kier alpha value is -3.35. The second-order valence-corrected chi connectivity index (χ2v) is 5.90. The van der Waals surface area contributed by atoms with Crippen LogP contribution >= 0.6 is 0 Å². The van der Waals surface area contributed by atoms with E-state index in [2.05, 4.69) is 15.4 Å². The highest BCUT2D eigenvalue weighted by atomic mass is 16.6. The van der Waals surface area contributed by atoms with Crippen LogP contribution in [-0.4, -0.2) is 39.6 Å². The lowest BCUT2D eigenvalue weighted by molar-refractivity contribution is -0.139. The summed E-state index contributed by atoms with van der Waals surface area (Å²) in [5, 5.41) is 7.52. The van der Waals surface area contributed by atoms with Gasteiger partial charge in [-0.2, -0.15) is 5.10 Å². The Kier molecular flexibility index (Phi) is 3.61. The molecule has 1 atom stereocenters. The molecule has 1 N–H and O–H groups in total. The summed E-state index contributed by atoms with van der Waals surface area (Å²) in [6.45, 7) is 0. The van der Waals surface area contributed by atoms with Gasteiger partial charge in [-0.05, 0) is 12.1 Å². The highest BCUT2D eigenvalue weighted by molar-refractivity contribution is 5.98. The van der Waals surface area contributed by atoms with Gasteiger partial charge < -0.3 is 15.0 Å². The molecule has 1 saturated heterocycles. The highest BCUT2D eigenvalue weighted by Crippen LogP contribution is 2.29. The lowest BCUT2D eigenvalue weighted by Gasteiger charge is -2.18. The molecule has 0 spiro atoms. The van der Waals surface area contributed by atoms with E-state index in [4.69, 9.17) is 4.74 Å². The highest BCUT2D eigenvalue weighted by Gasteiger charge is 2.34. The number of nitrogens with zero attached hydrogens (tertiary/aromatic N) is 4. The molecule has 1 fully saturated rings. The summed E-state index contributed by atoms with van der Waals surface area (Å²) in [5.41, 5.74) is 3.39. The summed E-state index contributed by atoms with van der Waals surface area (Å²) < 4.78 is 7.22. The van der Waals surface area contributed by atoms with Crippen molar-refractivity contribution in [2.45, 2.75) is 6.23 Å². The minimum absolute atomic E-state index is 0.395. The average Bonchev–Trinajstić information content (AvgIpc) is 3.21. The van der Waals surface area contributed by atoms with Crippen molar-refractivity contribution in [3.63, 3.8) is 0 Å². The van der Waals surface area contributed by atoms with E-state index in [0.29, 0.717) is 22.7 Å². The number of benzene rings is 1. The Bertz CT molecular complexity index is 962. The molecule has 25 heavy (non-hydrogen) atoms.